The summed E-state index contributed by atoms with van der Waals surface area (Å²) in [5.74, 6) is 0.420. The number of nitrogens with one attached hydrogen (secondary N) is 2. The number of anilines is 2. The first-order valence-electron chi connectivity index (χ1n) is 7.19. The van der Waals surface area contributed by atoms with Crippen LogP contribution in [-0.4, -0.2) is 38.9 Å². The molecule has 0 bridgehead atoms. The normalized spacial score (nSPS) is 10.4. The molecule has 4 N–H and O–H groups in total. The molecule has 122 valence electrons. The maximum absolute atomic E-state index is 12.0. The van der Waals surface area contributed by atoms with Gasteiger partial charge in [-0.05, 0) is 6.07 Å². The molecule has 0 spiro atoms. The molecular formula is C15H15N7OS. The van der Waals surface area contributed by atoms with Gasteiger partial charge in [0.2, 0.25) is 0 Å². The van der Waals surface area contributed by atoms with Crippen LogP contribution in [0.4, 0.5) is 10.9 Å². The Bertz CT molecular complexity index is 821. The van der Waals surface area contributed by atoms with Crippen molar-refractivity contribution in [2.45, 2.75) is 0 Å². The average Bonchev–Trinajstić information content (AvgIpc) is 3.09. The van der Waals surface area contributed by atoms with Crippen LogP contribution in [0.1, 0.15) is 10.4 Å². The van der Waals surface area contributed by atoms with Gasteiger partial charge < -0.3 is 16.4 Å². The van der Waals surface area contributed by atoms with Gasteiger partial charge >= 0.3 is 0 Å². The molecule has 3 heterocycles. The number of nitrogens with zero attached hydrogens (tertiary/aromatic N) is 4. The molecule has 3 rings (SSSR count). The van der Waals surface area contributed by atoms with Crippen molar-refractivity contribution in [1.29, 1.82) is 0 Å². The Hall–Kier alpha value is -2.91. The van der Waals surface area contributed by atoms with E-state index in [1.807, 2.05) is 0 Å². The highest BCUT2D eigenvalue weighted by atomic mass is 32.1. The van der Waals surface area contributed by atoms with Gasteiger partial charge in [0.25, 0.3) is 5.91 Å². The molecule has 8 nitrogen and oxygen atoms in total. The Labute approximate surface area is 142 Å². The van der Waals surface area contributed by atoms with Crippen LogP contribution in [0.15, 0.2) is 43.2 Å². The summed E-state index contributed by atoms with van der Waals surface area (Å²) in [7, 11) is 0. The number of nitrogens with two attached hydrogens (primary N) is 1. The first-order valence-corrected chi connectivity index (χ1v) is 8.00. The molecule has 3 aromatic heterocycles. The Kier molecular flexibility index (Phi) is 5.04. The molecule has 3 aromatic rings. The lowest BCUT2D eigenvalue weighted by Gasteiger charge is -2.04. The lowest BCUT2D eigenvalue weighted by atomic mass is 10.2. The highest BCUT2D eigenvalue weighted by Crippen LogP contribution is 2.30. The van der Waals surface area contributed by atoms with Crippen molar-refractivity contribution in [2.24, 2.45) is 5.73 Å². The van der Waals surface area contributed by atoms with E-state index >= 15 is 0 Å². The summed E-state index contributed by atoms with van der Waals surface area (Å²) in [5.41, 5.74) is 6.69. The predicted octanol–water partition coefficient (Wildman–Crippen LogP) is 1.43. The van der Waals surface area contributed by atoms with Crippen molar-refractivity contribution >= 4 is 28.2 Å². The van der Waals surface area contributed by atoms with Gasteiger partial charge in [0.15, 0.2) is 10.9 Å². The van der Waals surface area contributed by atoms with Crippen molar-refractivity contribution in [3.63, 3.8) is 0 Å². The fourth-order valence-corrected chi connectivity index (χ4v) is 2.73. The minimum atomic E-state index is -0.197. The number of rotatable bonds is 6. The van der Waals surface area contributed by atoms with Crippen molar-refractivity contribution < 1.29 is 4.79 Å². The van der Waals surface area contributed by atoms with E-state index in [1.165, 1.54) is 17.5 Å². The van der Waals surface area contributed by atoms with Gasteiger partial charge in [-0.3, -0.25) is 14.8 Å². The number of aromatic nitrogens is 4. The number of thiazole rings is 1. The standard InChI is InChI=1S/C15H15N7OS/c16-1-2-20-14(23)11-5-10(6-18-7-11)12-8-21-15(24-12)22-13-9-17-3-4-19-13/h3-9H,1-2,16H2,(H,20,23)(H,19,21,22). The second-order valence-electron chi connectivity index (χ2n) is 4.75. The Morgan fingerprint density at radius 3 is 2.83 bits per heavy atom. The summed E-state index contributed by atoms with van der Waals surface area (Å²) in [6.45, 7) is 0.820. The monoisotopic (exact) mass is 341 g/mol. The number of pyridine rings is 1. The third kappa shape index (κ3) is 3.89. The molecule has 0 aliphatic heterocycles. The maximum Gasteiger partial charge on any atom is 0.252 e. The number of hydrogen-bond donors (Lipinski definition) is 3. The predicted molar refractivity (Wildman–Crippen MR) is 92.0 cm³/mol. The molecule has 0 saturated carbocycles. The quantitative estimate of drug-likeness (QED) is 0.620. The molecule has 0 aliphatic carbocycles. The van der Waals surface area contributed by atoms with Gasteiger partial charge in [-0.1, -0.05) is 11.3 Å². The zero-order valence-electron chi connectivity index (χ0n) is 12.6. The number of hydrogen-bond acceptors (Lipinski definition) is 8. The third-order valence-corrected chi connectivity index (χ3v) is 3.98. The second-order valence-corrected chi connectivity index (χ2v) is 5.78. The van der Waals surface area contributed by atoms with Crippen molar-refractivity contribution in [1.82, 2.24) is 25.3 Å². The second kappa shape index (κ2) is 7.57. The molecule has 0 aliphatic rings. The molecule has 9 heteroatoms. The van der Waals surface area contributed by atoms with E-state index in [1.54, 1.807) is 37.1 Å². The lowest BCUT2D eigenvalue weighted by molar-refractivity contribution is 0.0954. The van der Waals surface area contributed by atoms with E-state index in [0.29, 0.717) is 29.6 Å². The van der Waals surface area contributed by atoms with E-state index in [9.17, 15) is 4.79 Å². The summed E-state index contributed by atoms with van der Waals surface area (Å²) >= 11 is 1.44. The summed E-state index contributed by atoms with van der Waals surface area (Å²) < 4.78 is 0. The Morgan fingerprint density at radius 1 is 1.12 bits per heavy atom. The molecular weight excluding hydrogens is 326 g/mol. The number of carbonyl (C=O) groups is 1. The zero-order chi connectivity index (χ0) is 16.8. The van der Waals surface area contributed by atoms with Crippen LogP contribution in [0.3, 0.4) is 0 Å². The molecule has 0 unspecified atom stereocenters. The van der Waals surface area contributed by atoms with Crippen LogP contribution in [0, 0.1) is 0 Å². The average molecular weight is 341 g/mol. The van der Waals surface area contributed by atoms with E-state index in [4.69, 9.17) is 5.73 Å². The minimum absolute atomic E-state index is 0.197. The lowest BCUT2D eigenvalue weighted by Crippen LogP contribution is -2.29. The van der Waals surface area contributed by atoms with Crippen molar-refractivity contribution in [2.75, 3.05) is 18.4 Å². The van der Waals surface area contributed by atoms with E-state index < -0.39 is 0 Å². The van der Waals surface area contributed by atoms with Crippen LogP contribution in [0.2, 0.25) is 0 Å². The summed E-state index contributed by atoms with van der Waals surface area (Å²) in [6.07, 6.45) is 9.76. The van der Waals surface area contributed by atoms with Crippen molar-refractivity contribution in [3.8, 4) is 10.4 Å². The summed E-state index contributed by atoms with van der Waals surface area (Å²) in [6, 6.07) is 1.78. The zero-order valence-corrected chi connectivity index (χ0v) is 13.5. The fourth-order valence-electron chi connectivity index (χ4n) is 1.93. The highest BCUT2D eigenvalue weighted by Gasteiger charge is 2.10. The Morgan fingerprint density at radius 2 is 2.04 bits per heavy atom. The van der Waals surface area contributed by atoms with Crippen LogP contribution in [0.5, 0.6) is 0 Å². The molecule has 0 saturated heterocycles. The first kappa shape index (κ1) is 16.0. The van der Waals surface area contributed by atoms with Gasteiger partial charge in [0.05, 0.1) is 16.6 Å². The van der Waals surface area contributed by atoms with Crippen molar-refractivity contribution in [3.05, 3.63) is 48.8 Å². The van der Waals surface area contributed by atoms with Gasteiger partial charge in [0, 0.05) is 49.6 Å². The molecule has 24 heavy (non-hydrogen) atoms. The molecule has 0 fully saturated rings. The first-order chi connectivity index (χ1) is 11.8. The smallest absolute Gasteiger partial charge is 0.252 e. The van der Waals surface area contributed by atoms with Crippen LogP contribution in [-0.2, 0) is 0 Å². The van der Waals surface area contributed by atoms with Gasteiger partial charge in [-0.15, -0.1) is 0 Å². The fraction of sp³-hybridized carbons (Fsp3) is 0.133. The number of carbonyl (C=O) groups excluding carboxylic acids is 1. The van der Waals surface area contributed by atoms with Gasteiger partial charge in [-0.2, -0.15) is 0 Å². The van der Waals surface area contributed by atoms with E-state index in [-0.39, 0.29) is 5.91 Å². The molecule has 0 atom stereocenters. The molecule has 1 amide bonds. The molecule has 0 aromatic carbocycles. The molecule has 0 radical (unpaired) electrons. The van der Waals surface area contributed by atoms with Crippen LogP contribution in [0.25, 0.3) is 10.4 Å². The van der Waals surface area contributed by atoms with Crippen LogP contribution >= 0.6 is 11.3 Å². The van der Waals surface area contributed by atoms with Crippen LogP contribution < -0.4 is 16.4 Å². The largest absolute Gasteiger partial charge is 0.351 e. The van der Waals surface area contributed by atoms with Gasteiger partial charge in [0.1, 0.15) is 0 Å². The topological polar surface area (TPSA) is 119 Å². The third-order valence-electron chi connectivity index (χ3n) is 3.02. The van der Waals surface area contributed by atoms with Gasteiger partial charge in [-0.25, -0.2) is 9.97 Å². The maximum atomic E-state index is 12.0. The SMILES string of the molecule is NCCNC(=O)c1cncc(-c2cnc(Nc3cnccn3)s2)c1. The summed E-state index contributed by atoms with van der Waals surface area (Å²) in [4.78, 5) is 29.4. The minimum Gasteiger partial charge on any atom is -0.351 e. The Balaban J connectivity index is 1.76. The van der Waals surface area contributed by atoms with E-state index in [2.05, 4.69) is 30.6 Å². The number of amides is 1. The van der Waals surface area contributed by atoms with E-state index in [0.717, 1.165) is 10.4 Å². The highest BCUT2D eigenvalue weighted by molar-refractivity contribution is 7.18. The summed E-state index contributed by atoms with van der Waals surface area (Å²) in [5, 5.41) is 6.48.